The van der Waals surface area contributed by atoms with E-state index in [1.165, 1.54) is 30.9 Å². The summed E-state index contributed by atoms with van der Waals surface area (Å²) in [6.07, 6.45) is 4.97. The molecular formula is C24H37FN2O6S. The number of nitrogens with zero attached hydrogens (tertiary/aromatic N) is 1. The number of amides is 1. The zero-order chi connectivity index (χ0) is 24.8. The number of hydrogen-bond donors (Lipinski definition) is 1. The highest BCUT2D eigenvalue weighted by molar-refractivity contribution is 7.97. The van der Waals surface area contributed by atoms with Gasteiger partial charge in [-0.05, 0) is 69.6 Å². The Balaban J connectivity index is 0.000000945. The maximum absolute atomic E-state index is 14.1. The molecule has 0 bridgehead atoms. The molecule has 8 nitrogen and oxygen atoms in total. The SMILES string of the molecule is CCOC(=O)N(CC)COCCCSNC1(c2ccc(F)c(OCC3CC3)c2)CC1.COC=O. The summed E-state index contributed by atoms with van der Waals surface area (Å²) in [4.78, 5) is 22.2. The molecule has 0 heterocycles. The van der Waals surface area contributed by atoms with Crippen molar-refractivity contribution in [1.29, 1.82) is 0 Å². The Kier molecular flexibility index (Phi) is 12.5. The Morgan fingerprint density at radius 2 is 2.06 bits per heavy atom. The fourth-order valence-electron chi connectivity index (χ4n) is 3.06. The second-order valence-corrected chi connectivity index (χ2v) is 9.11. The summed E-state index contributed by atoms with van der Waals surface area (Å²) in [5.41, 5.74) is 1.01. The van der Waals surface area contributed by atoms with Crippen molar-refractivity contribution in [3.63, 3.8) is 0 Å². The van der Waals surface area contributed by atoms with Gasteiger partial charge in [0.15, 0.2) is 11.6 Å². The normalized spacial score (nSPS) is 15.5. The number of methoxy groups -OCH3 is 1. The van der Waals surface area contributed by atoms with E-state index in [0.717, 1.165) is 30.6 Å². The molecule has 2 aliphatic rings. The highest BCUT2D eigenvalue weighted by atomic mass is 32.2. The molecule has 1 aromatic rings. The highest BCUT2D eigenvalue weighted by Gasteiger charge is 2.44. The number of carbonyl (C=O) groups excluding carboxylic acids is 2. The van der Waals surface area contributed by atoms with Gasteiger partial charge in [0.25, 0.3) is 6.47 Å². The van der Waals surface area contributed by atoms with Crippen LogP contribution in [0, 0.1) is 11.7 Å². The van der Waals surface area contributed by atoms with Crippen LogP contribution in [0.15, 0.2) is 18.2 Å². The summed E-state index contributed by atoms with van der Waals surface area (Å²) >= 11 is 1.67. The number of hydrogen-bond acceptors (Lipinski definition) is 8. The van der Waals surface area contributed by atoms with Crippen LogP contribution in [-0.4, -0.2) is 63.4 Å². The minimum absolute atomic E-state index is 0.0835. The molecule has 3 rings (SSSR count). The summed E-state index contributed by atoms with van der Waals surface area (Å²) in [5, 5.41) is 0. The van der Waals surface area contributed by atoms with Crippen molar-refractivity contribution in [3.05, 3.63) is 29.6 Å². The fraction of sp³-hybridized carbons (Fsp3) is 0.667. The number of benzene rings is 1. The van der Waals surface area contributed by atoms with Crippen molar-refractivity contribution < 1.29 is 32.9 Å². The topological polar surface area (TPSA) is 86.3 Å². The lowest BCUT2D eigenvalue weighted by molar-refractivity contribution is -0.126. The average molecular weight is 501 g/mol. The van der Waals surface area contributed by atoms with Crippen LogP contribution < -0.4 is 9.46 Å². The van der Waals surface area contributed by atoms with Crippen LogP contribution in [0.1, 0.15) is 51.5 Å². The van der Waals surface area contributed by atoms with E-state index >= 15 is 0 Å². The van der Waals surface area contributed by atoms with Gasteiger partial charge in [-0.25, -0.2) is 9.18 Å². The Morgan fingerprint density at radius 3 is 2.65 bits per heavy atom. The maximum Gasteiger partial charge on any atom is 0.411 e. The third kappa shape index (κ3) is 9.68. The molecule has 192 valence electrons. The molecular weight excluding hydrogens is 463 g/mol. The van der Waals surface area contributed by atoms with Crippen LogP contribution in [0.3, 0.4) is 0 Å². The first-order valence-electron chi connectivity index (χ1n) is 11.8. The van der Waals surface area contributed by atoms with Gasteiger partial charge in [0, 0.05) is 18.9 Å². The zero-order valence-corrected chi connectivity index (χ0v) is 21.2. The van der Waals surface area contributed by atoms with Crippen LogP contribution >= 0.6 is 11.9 Å². The second-order valence-electron chi connectivity index (χ2n) is 8.21. The smallest absolute Gasteiger partial charge is 0.411 e. The number of halogens is 1. The Morgan fingerprint density at radius 1 is 1.32 bits per heavy atom. The molecule has 0 saturated heterocycles. The molecule has 1 amide bonds. The molecule has 2 aliphatic carbocycles. The molecule has 0 radical (unpaired) electrons. The lowest BCUT2D eigenvalue weighted by atomic mass is 10.1. The quantitative estimate of drug-likeness (QED) is 0.163. The largest absolute Gasteiger partial charge is 0.490 e. The van der Waals surface area contributed by atoms with Gasteiger partial charge in [-0.15, -0.1) is 0 Å². The van der Waals surface area contributed by atoms with Gasteiger partial charge in [0.2, 0.25) is 0 Å². The average Bonchev–Trinajstić information content (AvgIpc) is 3.77. The Labute approximate surface area is 206 Å². The van der Waals surface area contributed by atoms with E-state index in [9.17, 15) is 9.18 Å². The van der Waals surface area contributed by atoms with Gasteiger partial charge in [0.05, 0.1) is 25.9 Å². The Hall–Kier alpha value is -2.04. The third-order valence-electron chi connectivity index (χ3n) is 5.46. The number of carbonyl (C=O) groups is 2. The van der Waals surface area contributed by atoms with E-state index in [1.807, 2.05) is 19.1 Å². The van der Waals surface area contributed by atoms with Crippen molar-refractivity contribution in [2.24, 2.45) is 5.92 Å². The molecule has 0 unspecified atom stereocenters. The summed E-state index contributed by atoms with van der Waals surface area (Å²) < 4.78 is 37.7. The van der Waals surface area contributed by atoms with E-state index in [4.69, 9.17) is 19.0 Å². The predicted octanol–water partition coefficient (Wildman–Crippen LogP) is 4.47. The van der Waals surface area contributed by atoms with Gasteiger partial charge in [-0.2, -0.15) is 0 Å². The van der Waals surface area contributed by atoms with E-state index < -0.39 is 0 Å². The van der Waals surface area contributed by atoms with Crippen LogP contribution in [0.4, 0.5) is 9.18 Å². The van der Waals surface area contributed by atoms with Gasteiger partial charge < -0.3 is 18.9 Å². The lowest BCUT2D eigenvalue weighted by Crippen LogP contribution is -2.33. The molecule has 1 N–H and O–H groups in total. The lowest BCUT2D eigenvalue weighted by Gasteiger charge is -2.20. The van der Waals surface area contributed by atoms with Gasteiger partial charge in [-0.1, -0.05) is 18.0 Å². The summed E-state index contributed by atoms with van der Waals surface area (Å²) in [6.45, 7) is 6.42. The van der Waals surface area contributed by atoms with Gasteiger partial charge in [-0.3, -0.25) is 14.4 Å². The van der Waals surface area contributed by atoms with Crippen molar-refractivity contribution in [2.45, 2.75) is 51.5 Å². The number of ether oxygens (including phenoxy) is 4. The van der Waals surface area contributed by atoms with Crippen molar-refractivity contribution in [3.8, 4) is 5.75 Å². The van der Waals surface area contributed by atoms with Crippen LogP contribution in [0.25, 0.3) is 0 Å². The van der Waals surface area contributed by atoms with Crippen LogP contribution in [0.2, 0.25) is 0 Å². The standard InChI is InChI=1S/C22H33FN2O4S.C2H4O2/c1-3-25(21(26)28-4-2)16-27-12-5-13-30-24-22(10-11-22)18-8-9-19(23)20(14-18)29-15-17-6-7-17;1-4-2-3/h8-9,14,17,24H,3-7,10-13,15-16H2,1-2H3;2H,1H3. The molecule has 1 aromatic carbocycles. The monoisotopic (exact) mass is 500 g/mol. The highest BCUT2D eigenvalue weighted by Crippen LogP contribution is 2.48. The fourth-order valence-corrected chi connectivity index (χ4v) is 4.03. The summed E-state index contributed by atoms with van der Waals surface area (Å²) in [7, 11) is 1.31. The minimum atomic E-state index is -0.341. The molecule has 0 spiro atoms. The third-order valence-corrected chi connectivity index (χ3v) is 6.49. The van der Waals surface area contributed by atoms with E-state index in [2.05, 4.69) is 9.46 Å². The zero-order valence-electron chi connectivity index (χ0n) is 20.3. The van der Waals surface area contributed by atoms with E-state index in [1.54, 1.807) is 18.9 Å². The van der Waals surface area contributed by atoms with Crippen molar-refractivity contribution in [2.75, 3.05) is 46.0 Å². The minimum Gasteiger partial charge on any atom is -0.490 e. The molecule has 34 heavy (non-hydrogen) atoms. The molecule has 0 aromatic heterocycles. The number of rotatable bonds is 15. The van der Waals surface area contributed by atoms with Gasteiger partial charge >= 0.3 is 6.09 Å². The van der Waals surface area contributed by atoms with E-state index in [-0.39, 0.29) is 24.2 Å². The first kappa shape index (κ1) is 28.2. The van der Waals surface area contributed by atoms with Gasteiger partial charge in [0.1, 0.15) is 6.73 Å². The molecule has 2 saturated carbocycles. The first-order valence-corrected chi connectivity index (χ1v) is 12.8. The maximum atomic E-state index is 14.1. The molecule has 10 heteroatoms. The number of nitrogens with one attached hydrogen (secondary N) is 1. The molecule has 0 atom stereocenters. The van der Waals surface area contributed by atoms with Crippen molar-refractivity contribution >= 4 is 24.5 Å². The van der Waals surface area contributed by atoms with Crippen LogP contribution in [0.5, 0.6) is 5.75 Å². The van der Waals surface area contributed by atoms with E-state index in [0.29, 0.717) is 44.5 Å². The summed E-state index contributed by atoms with van der Waals surface area (Å²) in [5.74, 6) is 1.57. The second kappa shape index (κ2) is 15.1. The first-order chi connectivity index (χ1) is 16.5. The summed E-state index contributed by atoms with van der Waals surface area (Å²) in [6, 6.07) is 5.23. The molecule has 0 aliphatic heterocycles. The van der Waals surface area contributed by atoms with Crippen LogP contribution in [-0.2, 0) is 24.5 Å². The predicted molar refractivity (Wildman–Crippen MR) is 129 cm³/mol. The van der Waals surface area contributed by atoms with Crippen molar-refractivity contribution in [1.82, 2.24) is 9.62 Å². The molecule has 2 fully saturated rings. The Bertz CT molecular complexity index is 761.